The Morgan fingerprint density at radius 2 is 2.38 bits per heavy atom. The van der Waals surface area contributed by atoms with E-state index < -0.39 is 5.60 Å². The first-order valence-corrected chi connectivity index (χ1v) is 4.58. The van der Waals surface area contributed by atoms with Crippen LogP contribution in [0.3, 0.4) is 0 Å². The molecule has 1 aromatic heterocycles. The first kappa shape index (κ1) is 9.75. The second-order valence-corrected chi connectivity index (χ2v) is 3.95. The Kier molecular flexibility index (Phi) is 2.69. The third kappa shape index (κ3) is 2.07. The van der Waals surface area contributed by atoms with Crippen LogP contribution in [0.25, 0.3) is 0 Å². The highest BCUT2D eigenvalue weighted by atomic mass is 32.1. The molecule has 0 aliphatic heterocycles. The lowest BCUT2D eigenvalue weighted by Crippen LogP contribution is -2.19. The average Bonchev–Trinajstić information content (AvgIpc) is 2.52. The minimum Gasteiger partial charge on any atom is -0.456 e. The van der Waals surface area contributed by atoms with Crippen molar-refractivity contribution in [1.29, 1.82) is 5.26 Å². The molecule has 0 saturated heterocycles. The molecular formula is C9H9NO2S. The molecule has 0 fully saturated rings. The molecule has 0 aromatic carbocycles. The standard InChI is InChI=1S/C9H9NO2S/c1-9(2,12-6-11)8-3-7(4-10)5-13-8/h3,5-6H,1-2H3. The molecular weight excluding hydrogens is 186 g/mol. The van der Waals surface area contributed by atoms with Crippen LogP contribution in [0.15, 0.2) is 11.4 Å². The SMILES string of the molecule is CC(C)(OC=O)c1cc(C#N)cs1. The number of carbonyl (C=O) groups excluding carboxylic acids is 1. The summed E-state index contributed by atoms with van der Waals surface area (Å²) in [7, 11) is 0. The fraction of sp³-hybridized carbons (Fsp3) is 0.333. The number of hydrogen-bond donors (Lipinski definition) is 0. The summed E-state index contributed by atoms with van der Waals surface area (Å²) in [4.78, 5) is 11.1. The lowest BCUT2D eigenvalue weighted by atomic mass is 10.1. The van der Waals surface area contributed by atoms with E-state index >= 15 is 0 Å². The number of nitriles is 1. The topological polar surface area (TPSA) is 50.1 Å². The Morgan fingerprint density at radius 3 is 2.85 bits per heavy atom. The monoisotopic (exact) mass is 195 g/mol. The molecule has 0 aliphatic rings. The van der Waals surface area contributed by atoms with E-state index in [-0.39, 0.29) is 0 Å². The van der Waals surface area contributed by atoms with Gasteiger partial charge < -0.3 is 4.74 Å². The van der Waals surface area contributed by atoms with E-state index in [4.69, 9.17) is 10.00 Å². The summed E-state index contributed by atoms with van der Waals surface area (Å²) in [6.45, 7) is 3.99. The van der Waals surface area contributed by atoms with Crippen molar-refractivity contribution in [1.82, 2.24) is 0 Å². The van der Waals surface area contributed by atoms with Crippen LogP contribution in [-0.2, 0) is 15.1 Å². The fourth-order valence-electron chi connectivity index (χ4n) is 0.889. The molecule has 68 valence electrons. The number of ether oxygens (including phenoxy) is 1. The number of thiophene rings is 1. The molecule has 0 radical (unpaired) electrons. The van der Waals surface area contributed by atoms with Gasteiger partial charge in [-0.1, -0.05) is 0 Å². The van der Waals surface area contributed by atoms with Crippen molar-refractivity contribution in [2.24, 2.45) is 0 Å². The third-order valence-electron chi connectivity index (χ3n) is 1.66. The summed E-state index contributed by atoms with van der Waals surface area (Å²) in [5.41, 5.74) is -0.0378. The van der Waals surface area contributed by atoms with Crippen molar-refractivity contribution >= 4 is 17.8 Å². The van der Waals surface area contributed by atoms with Gasteiger partial charge in [0.25, 0.3) is 6.47 Å². The number of hydrogen-bond acceptors (Lipinski definition) is 4. The van der Waals surface area contributed by atoms with E-state index in [0.29, 0.717) is 12.0 Å². The van der Waals surface area contributed by atoms with Crippen LogP contribution >= 0.6 is 11.3 Å². The Labute approximate surface area is 80.6 Å². The normalized spacial score (nSPS) is 10.5. The van der Waals surface area contributed by atoms with Crippen LogP contribution in [0, 0.1) is 11.3 Å². The number of carbonyl (C=O) groups is 1. The summed E-state index contributed by atoms with van der Waals surface area (Å²) in [6, 6.07) is 3.76. The van der Waals surface area contributed by atoms with Crippen molar-refractivity contribution in [3.05, 3.63) is 21.9 Å². The second kappa shape index (κ2) is 3.58. The van der Waals surface area contributed by atoms with Gasteiger partial charge in [0.05, 0.1) is 5.56 Å². The van der Waals surface area contributed by atoms with Crippen molar-refractivity contribution in [3.8, 4) is 6.07 Å². The van der Waals surface area contributed by atoms with Gasteiger partial charge >= 0.3 is 0 Å². The molecule has 0 atom stereocenters. The largest absolute Gasteiger partial charge is 0.456 e. The van der Waals surface area contributed by atoms with Gasteiger partial charge in [-0.15, -0.1) is 11.3 Å². The van der Waals surface area contributed by atoms with Gasteiger partial charge in [-0.3, -0.25) is 4.79 Å². The number of nitrogens with zero attached hydrogens (tertiary/aromatic N) is 1. The first-order valence-electron chi connectivity index (χ1n) is 3.70. The minimum absolute atomic E-state index is 0.422. The molecule has 0 N–H and O–H groups in total. The van der Waals surface area contributed by atoms with Crippen LogP contribution in [-0.4, -0.2) is 6.47 Å². The van der Waals surface area contributed by atoms with Gasteiger partial charge in [-0.25, -0.2) is 0 Å². The van der Waals surface area contributed by atoms with Crippen LogP contribution in [0.2, 0.25) is 0 Å². The molecule has 1 rings (SSSR count). The highest BCUT2D eigenvalue weighted by Gasteiger charge is 2.23. The van der Waals surface area contributed by atoms with Gasteiger partial charge in [-0.2, -0.15) is 5.26 Å². The summed E-state index contributed by atoms with van der Waals surface area (Å²) in [6.07, 6.45) is 0. The van der Waals surface area contributed by atoms with E-state index in [1.54, 1.807) is 25.3 Å². The van der Waals surface area contributed by atoms with E-state index in [0.717, 1.165) is 4.88 Å². The molecule has 1 aromatic rings. The molecule has 3 nitrogen and oxygen atoms in total. The molecule has 4 heteroatoms. The summed E-state index contributed by atoms with van der Waals surface area (Å²) in [5.74, 6) is 0. The van der Waals surface area contributed by atoms with E-state index in [2.05, 4.69) is 0 Å². The van der Waals surface area contributed by atoms with Crippen LogP contribution in [0.5, 0.6) is 0 Å². The predicted octanol–water partition coefficient (Wildman–Crippen LogP) is 2.03. The van der Waals surface area contributed by atoms with Gasteiger partial charge in [0, 0.05) is 10.3 Å². The molecule has 0 unspecified atom stereocenters. The maximum atomic E-state index is 10.2. The Hall–Kier alpha value is -1.34. The van der Waals surface area contributed by atoms with Crippen LogP contribution in [0.1, 0.15) is 24.3 Å². The molecule has 13 heavy (non-hydrogen) atoms. The zero-order valence-electron chi connectivity index (χ0n) is 7.40. The highest BCUT2D eigenvalue weighted by molar-refractivity contribution is 7.10. The van der Waals surface area contributed by atoms with Crippen molar-refractivity contribution in [3.63, 3.8) is 0 Å². The van der Waals surface area contributed by atoms with Gasteiger partial charge in [-0.05, 0) is 19.9 Å². The molecule has 0 amide bonds. The summed E-state index contributed by atoms with van der Waals surface area (Å²) >= 11 is 1.41. The zero-order chi connectivity index (χ0) is 9.90. The molecule has 0 aliphatic carbocycles. The smallest absolute Gasteiger partial charge is 0.293 e. The van der Waals surface area contributed by atoms with E-state index in [9.17, 15) is 4.79 Å². The zero-order valence-corrected chi connectivity index (χ0v) is 8.22. The second-order valence-electron chi connectivity index (χ2n) is 3.04. The number of rotatable bonds is 3. The van der Waals surface area contributed by atoms with Crippen molar-refractivity contribution in [2.45, 2.75) is 19.4 Å². The summed E-state index contributed by atoms with van der Waals surface area (Å²) < 4.78 is 4.89. The predicted molar refractivity (Wildman–Crippen MR) is 49.2 cm³/mol. The van der Waals surface area contributed by atoms with Crippen LogP contribution in [0.4, 0.5) is 0 Å². The molecule has 1 heterocycles. The first-order chi connectivity index (χ1) is 6.10. The fourth-order valence-corrected chi connectivity index (χ4v) is 1.79. The Morgan fingerprint density at radius 1 is 1.69 bits per heavy atom. The van der Waals surface area contributed by atoms with Crippen molar-refractivity contribution < 1.29 is 9.53 Å². The lowest BCUT2D eigenvalue weighted by molar-refractivity contribution is -0.140. The van der Waals surface area contributed by atoms with Crippen molar-refractivity contribution in [2.75, 3.05) is 0 Å². The molecule has 0 saturated carbocycles. The maximum absolute atomic E-state index is 10.2. The van der Waals surface area contributed by atoms with Gasteiger partial charge in [0.15, 0.2) is 0 Å². The van der Waals surface area contributed by atoms with E-state index in [1.807, 2.05) is 6.07 Å². The molecule has 0 bridgehead atoms. The van der Waals surface area contributed by atoms with Crippen LogP contribution < -0.4 is 0 Å². The Bertz CT molecular complexity index is 349. The molecule has 0 spiro atoms. The average molecular weight is 195 g/mol. The summed E-state index contributed by atoms with van der Waals surface area (Å²) in [5, 5.41) is 10.3. The van der Waals surface area contributed by atoms with Gasteiger partial charge in [0.1, 0.15) is 11.7 Å². The highest BCUT2D eigenvalue weighted by Crippen LogP contribution is 2.29. The minimum atomic E-state index is -0.637. The Balaban J connectivity index is 2.94. The third-order valence-corrected chi connectivity index (χ3v) is 2.90. The quantitative estimate of drug-likeness (QED) is 0.693. The maximum Gasteiger partial charge on any atom is 0.293 e. The van der Waals surface area contributed by atoms with Gasteiger partial charge in [0.2, 0.25) is 0 Å². The lowest BCUT2D eigenvalue weighted by Gasteiger charge is -2.20. The van der Waals surface area contributed by atoms with E-state index in [1.165, 1.54) is 11.3 Å².